The van der Waals surface area contributed by atoms with E-state index in [9.17, 15) is 0 Å². The van der Waals surface area contributed by atoms with E-state index in [1.165, 1.54) is 50.1 Å². The van der Waals surface area contributed by atoms with E-state index >= 15 is 0 Å². The minimum absolute atomic E-state index is 0.0382. The Kier molecular flexibility index (Phi) is 9.13. The highest BCUT2D eigenvalue weighted by molar-refractivity contribution is 6.13. The maximum Gasteiger partial charge on any atom is 0.159 e. The van der Waals surface area contributed by atoms with Crippen LogP contribution in [0.15, 0.2) is 224 Å². The van der Waals surface area contributed by atoms with Gasteiger partial charge in [0.1, 0.15) is 12.0 Å². The quantitative estimate of drug-likeness (QED) is 0.290. The summed E-state index contributed by atoms with van der Waals surface area (Å²) in [5, 5.41) is 0. The fraction of sp³-hybridized carbons (Fsp3) is 0.259. The van der Waals surface area contributed by atoms with Crippen molar-refractivity contribution in [3.8, 4) is 0 Å². The first-order valence-corrected chi connectivity index (χ1v) is 21.0. The summed E-state index contributed by atoms with van der Waals surface area (Å²) in [6, 6.07) is 21.2. The second kappa shape index (κ2) is 14.6. The smallest absolute Gasteiger partial charge is 0.159 e. The van der Waals surface area contributed by atoms with Crippen molar-refractivity contribution in [1.82, 2.24) is 4.90 Å². The van der Waals surface area contributed by atoms with Crippen molar-refractivity contribution in [3.05, 3.63) is 225 Å². The highest BCUT2D eigenvalue weighted by Gasteiger charge is 2.49. The van der Waals surface area contributed by atoms with Crippen molar-refractivity contribution >= 4 is 11.7 Å². The highest BCUT2D eigenvalue weighted by atomic mass is 15.3. The lowest BCUT2D eigenvalue weighted by Gasteiger charge is -2.51. The molecule has 7 aliphatic carbocycles. The molecule has 10 rings (SSSR count). The second-order valence-corrected chi connectivity index (χ2v) is 17.0. The zero-order valence-corrected chi connectivity index (χ0v) is 33.4. The number of aliphatic imine (C=N–C) groups is 2. The summed E-state index contributed by atoms with van der Waals surface area (Å²) in [6.07, 6.45) is 45.8. The molecular formula is C54H51N3. The molecule has 0 saturated carbocycles. The monoisotopic (exact) mass is 741 g/mol. The maximum absolute atomic E-state index is 5.40. The van der Waals surface area contributed by atoms with Crippen LogP contribution in [0.3, 0.4) is 0 Å². The molecule has 1 aliphatic heterocycles. The Morgan fingerprint density at radius 2 is 1.53 bits per heavy atom. The first-order chi connectivity index (χ1) is 28.0. The molecular weight excluding hydrogens is 691 g/mol. The number of fused-ring (bicyclic) bond motifs is 5. The van der Waals surface area contributed by atoms with Gasteiger partial charge >= 0.3 is 0 Å². The number of likely N-dealkylation sites (N-methyl/N-ethyl adjacent to an activating group) is 1. The van der Waals surface area contributed by atoms with Gasteiger partial charge in [-0.1, -0.05) is 182 Å². The van der Waals surface area contributed by atoms with E-state index in [-0.39, 0.29) is 17.5 Å². The van der Waals surface area contributed by atoms with Crippen LogP contribution >= 0.6 is 0 Å². The molecule has 0 amide bonds. The lowest BCUT2D eigenvalue weighted by molar-refractivity contribution is 0.196. The number of amidine groups is 2. The molecule has 282 valence electrons. The third kappa shape index (κ3) is 6.20. The van der Waals surface area contributed by atoms with Crippen LogP contribution in [0.1, 0.15) is 63.2 Å². The van der Waals surface area contributed by atoms with Gasteiger partial charge < -0.3 is 4.90 Å². The van der Waals surface area contributed by atoms with E-state index in [1.807, 2.05) is 0 Å². The van der Waals surface area contributed by atoms with Gasteiger partial charge in [0, 0.05) is 41.4 Å². The van der Waals surface area contributed by atoms with Crippen LogP contribution in [-0.4, -0.2) is 23.6 Å². The number of benzene rings is 2. The number of nitrogens with zero attached hydrogens (tertiary/aromatic N) is 3. The molecule has 8 aliphatic rings. The number of rotatable bonds is 6. The molecule has 0 radical (unpaired) electrons. The first-order valence-electron chi connectivity index (χ1n) is 21.0. The Morgan fingerprint density at radius 1 is 0.754 bits per heavy atom. The van der Waals surface area contributed by atoms with Gasteiger partial charge in [-0.05, 0) is 83.9 Å². The summed E-state index contributed by atoms with van der Waals surface area (Å²) in [6.45, 7) is 4.73. The Labute approximate surface area is 338 Å². The van der Waals surface area contributed by atoms with Gasteiger partial charge in [0.05, 0.1) is 0 Å². The van der Waals surface area contributed by atoms with Gasteiger partial charge in [-0.15, -0.1) is 0 Å². The van der Waals surface area contributed by atoms with Gasteiger partial charge in [-0.2, -0.15) is 0 Å². The topological polar surface area (TPSA) is 28.0 Å². The zero-order valence-electron chi connectivity index (χ0n) is 33.4. The maximum atomic E-state index is 5.40. The number of hydrogen-bond acceptors (Lipinski definition) is 3. The summed E-state index contributed by atoms with van der Waals surface area (Å²) in [5.41, 5.74) is 15.0. The van der Waals surface area contributed by atoms with Crippen molar-refractivity contribution in [2.75, 3.05) is 7.05 Å². The highest BCUT2D eigenvalue weighted by Crippen LogP contribution is 2.57. The van der Waals surface area contributed by atoms with Gasteiger partial charge in [-0.25, -0.2) is 9.98 Å². The van der Waals surface area contributed by atoms with Crippen molar-refractivity contribution in [2.45, 2.75) is 52.1 Å². The van der Waals surface area contributed by atoms with Crippen LogP contribution < -0.4 is 0 Å². The molecule has 3 heteroatoms. The normalized spacial score (nSPS) is 30.1. The van der Waals surface area contributed by atoms with E-state index in [2.05, 4.69) is 190 Å². The Bertz CT molecular complexity index is 2480. The molecule has 2 aromatic rings. The summed E-state index contributed by atoms with van der Waals surface area (Å²) in [4.78, 5) is 13.0. The molecule has 0 aromatic heterocycles. The van der Waals surface area contributed by atoms with Crippen molar-refractivity contribution in [3.63, 3.8) is 0 Å². The second-order valence-electron chi connectivity index (χ2n) is 17.0. The molecule has 6 atom stereocenters. The van der Waals surface area contributed by atoms with Crippen molar-refractivity contribution in [1.29, 1.82) is 0 Å². The fourth-order valence-electron chi connectivity index (χ4n) is 10.7. The van der Waals surface area contributed by atoms with E-state index < -0.39 is 0 Å². The lowest BCUT2D eigenvalue weighted by atomic mass is 9.52. The fourth-order valence-corrected chi connectivity index (χ4v) is 10.7. The van der Waals surface area contributed by atoms with Crippen LogP contribution in [0.25, 0.3) is 0 Å². The molecule has 3 nitrogen and oxygen atoms in total. The summed E-state index contributed by atoms with van der Waals surface area (Å²) in [5.74, 6) is 3.23. The minimum Gasteiger partial charge on any atom is -0.333 e. The molecule has 0 N–H and O–H groups in total. The summed E-state index contributed by atoms with van der Waals surface area (Å²) in [7, 11) is 2.17. The van der Waals surface area contributed by atoms with Crippen LogP contribution in [0.5, 0.6) is 0 Å². The summed E-state index contributed by atoms with van der Waals surface area (Å²) < 4.78 is 0. The van der Waals surface area contributed by atoms with Crippen LogP contribution in [-0.2, 0) is 0 Å². The Hall–Kier alpha value is -5.80. The van der Waals surface area contributed by atoms with Gasteiger partial charge in [0.15, 0.2) is 5.84 Å². The van der Waals surface area contributed by atoms with Gasteiger partial charge in [0.25, 0.3) is 0 Å². The van der Waals surface area contributed by atoms with E-state index in [0.717, 1.165) is 49.3 Å². The molecule has 2 aromatic carbocycles. The predicted molar refractivity (Wildman–Crippen MR) is 237 cm³/mol. The third-order valence-corrected chi connectivity index (χ3v) is 13.6. The Balaban J connectivity index is 1.07. The first kappa shape index (κ1) is 35.6. The lowest BCUT2D eigenvalue weighted by Crippen LogP contribution is -2.43. The van der Waals surface area contributed by atoms with E-state index in [0.29, 0.717) is 17.8 Å². The molecule has 0 bridgehead atoms. The Morgan fingerprint density at radius 3 is 2.37 bits per heavy atom. The van der Waals surface area contributed by atoms with Crippen LogP contribution in [0, 0.1) is 29.1 Å². The molecule has 0 fully saturated rings. The largest absolute Gasteiger partial charge is 0.333 e. The molecule has 0 spiro atoms. The zero-order chi connectivity index (χ0) is 38.5. The molecule has 0 saturated heterocycles. The molecule has 1 heterocycles. The van der Waals surface area contributed by atoms with Crippen molar-refractivity contribution in [2.24, 2.45) is 39.1 Å². The van der Waals surface area contributed by atoms with Crippen LogP contribution in [0.4, 0.5) is 0 Å². The SMILES string of the molecule is CC1=CC2C(=C3C=CC(C4=C(C5CC=CC=C5C5=C(C6=NC(c7ccccc7)=NC(c7ccccc7)N6C)CCC=C5)CCC=C4)=CC3C3C=CC=CC23C)C=C1. The van der Waals surface area contributed by atoms with Gasteiger partial charge in [0.2, 0.25) is 0 Å². The van der Waals surface area contributed by atoms with E-state index in [4.69, 9.17) is 9.98 Å². The van der Waals surface area contributed by atoms with E-state index in [1.54, 1.807) is 5.57 Å². The standard InChI is InChI=1S/C54H51N3/c1-36-29-31-46-45-32-30-39(35-48(45)49-28-16-17-33-54(49,2)50(46)34-36)40-22-10-11-23-41(40)42-24-12-13-25-43(42)44-26-14-15-27-47(44)53-56-51(37-18-6-4-7-19-37)55-52(57(53)3)38-20-8-5-9-21-38/h4-10,12-14,16-22,25-26,28-35,42,48-50,52H,11,15,23-24,27H2,1-3H3. The predicted octanol–water partition coefficient (Wildman–Crippen LogP) is 12.6. The average Bonchev–Trinajstić information content (AvgIpc) is 3.27. The summed E-state index contributed by atoms with van der Waals surface area (Å²) >= 11 is 0. The molecule has 6 unspecified atom stereocenters. The molecule has 57 heavy (non-hydrogen) atoms. The van der Waals surface area contributed by atoms with Gasteiger partial charge in [-0.3, -0.25) is 0 Å². The average molecular weight is 742 g/mol. The minimum atomic E-state index is -0.164. The van der Waals surface area contributed by atoms with Crippen molar-refractivity contribution < 1.29 is 0 Å². The number of hydrogen-bond donors (Lipinski definition) is 0. The third-order valence-electron chi connectivity index (χ3n) is 13.6. The number of allylic oxidation sites excluding steroid dienone is 25. The van der Waals surface area contributed by atoms with Crippen LogP contribution in [0.2, 0.25) is 0 Å².